The van der Waals surface area contributed by atoms with Crippen molar-refractivity contribution in [2.24, 2.45) is 0 Å². The molecule has 0 fully saturated rings. The lowest BCUT2D eigenvalue weighted by Crippen LogP contribution is -2.36. The zero-order valence-corrected chi connectivity index (χ0v) is 21.3. The third-order valence-corrected chi connectivity index (χ3v) is 6.70. The number of nitrogens with zero attached hydrogens (tertiary/aromatic N) is 4. The summed E-state index contributed by atoms with van der Waals surface area (Å²) in [5, 5.41) is 9.38. The molecule has 2 aromatic carbocycles. The lowest BCUT2D eigenvalue weighted by molar-refractivity contribution is -0.118. The molecule has 4 rings (SSSR count). The molecule has 0 aliphatic carbocycles. The van der Waals surface area contributed by atoms with Crippen LogP contribution >= 0.6 is 11.8 Å². The molecule has 0 radical (unpaired) electrons. The summed E-state index contributed by atoms with van der Waals surface area (Å²) in [5.41, 5.74) is 2.63. The van der Waals surface area contributed by atoms with Gasteiger partial charge in [0, 0.05) is 23.8 Å². The second-order valence-corrected chi connectivity index (χ2v) is 9.21. The van der Waals surface area contributed by atoms with E-state index in [-0.39, 0.29) is 5.91 Å². The highest BCUT2D eigenvalue weighted by atomic mass is 32.2. The molecule has 3 aromatic rings. The molecule has 0 saturated carbocycles. The van der Waals surface area contributed by atoms with Crippen LogP contribution < -0.4 is 19.1 Å². The van der Waals surface area contributed by atoms with E-state index in [4.69, 9.17) is 19.2 Å². The van der Waals surface area contributed by atoms with Crippen LogP contribution in [0.2, 0.25) is 0 Å². The third-order valence-electron chi connectivity index (χ3n) is 5.77. The van der Waals surface area contributed by atoms with Crippen LogP contribution in [0.4, 0.5) is 5.69 Å². The van der Waals surface area contributed by atoms with Crippen molar-refractivity contribution in [3.05, 3.63) is 48.0 Å². The number of fused-ring (bicyclic) bond motifs is 3. The van der Waals surface area contributed by atoms with E-state index >= 15 is 0 Å². The molecule has 0 unspecified atom stereocenters. The maximum atomic E-state index is 13.0. The molecule has 1 aromatic heterocycles. The van der Waals surface area contributed by atoms with Gasteiger partial charge in [-0.05, 0) is 30.7 Å². The van der Waals surface area contributed by atoms with Crippen molar-refractivity contribution < 1.29 is 19.0 Å². The van der Waals surface area contributed by atoms with Crippen molar-refractivity contribution >= 4 is 23.4 Å². The molecule has 0 saturated heterocycles. The quantitative estimate of drug-likeness (QED) is 0.278. The Labute approximate surface area is 210 Å². The highest BCUT2D eigenvalue weighted by molar-refractivity contribution is 7.99. The Hall–Kier alpha value is -3.33. The topological polar surface area (TPSA) is 86.7 Å². The predicted molar refractivity (Wildman–Crippen MR) is 136 cm³/mol. The molecule has 0 spiro atoms. The first kappa shape index (κ1) is 24.8. The van der Waals surface area contributed by atoms with Gasteiger partial charge >= 0.3 is 0 Å². The Morgan fingerprint density at radius 2 is 1.86 bits per heavy atom. The fraction of sp³-hybridized carbons (Fsp3) is 0.385. The van der Waals surface area contributed by atoms with E-state index in [1.165, 1.54) is 26.2 Å². The van der Waals surface area contributed by atoms with Crippen molar-refractivity contribution in [2.75, 3.05) is 24.9 Å². The number of para-hydroxylation sites is 1. The number of carbonyl (C=O) groups excluding carboxylic acids is 1. The summed E-state index contributed by atoms with van der Waals surface area (Å²) in [7, 11) is 3.15. The van der Waals surface area contributed by atoms with Crippen LogP contribution in [0.1, 0.15) is 51.3 Å². The summed E-state index contributed by atoms with van der Waals surface area (Å²) in [5.74, 6) is 2.20. The zero-order chi connectivity index (χ0) is 24.8. The van der Waals surface area contributed by atoms with Gasteiger partial charge in [0.1, 0.15) is 0 Å². The summed E-state index contributed by atoms with van der Waals surface area (Å²) >= 11 is 1.57. The minimum absolute atomic E-state index is 0.177. The monoisotopic (exact) mass is 494 g/mol. The number of aromatic nitrogens is 3. The number of unbranched alkanes of at least 4 members (excludes halogenated alkanes) is 3. The average Bonchev–Trinajstić information content (AvgIpc) is 3.02. The number of rotatable bonds is 9. The van der Waals surface area contributed by atoms with Gasteiger partial charge in [-0.3, -0.25) is 9.69 Å². The Balaban J connectivity index is 1.77. The van der Waals surface area contributed by atoms with Crippen molar-refractivity contribution in [2.45, 2.75) is 50.9 Å². The van der Waals surface area contributed by atoms with Crippen molar-refractivity contribution in [1.29, 1.82) is 0 Å². The van der Waals surface area contributed by atoms with Crippen LogP contribution in [0.15, 0.2) is 47.6 Å². The first-order chi connectivity index (χ1) is 17.1. The maximum Gasteiger partial charge on any atom is 0.247 e. The molecule has 0 N–H and O–H groups in total. The largest absolute Gasteiger partial charge is 0.493 e. The lowest BCUT2D eigenvalue weighted by atomic mass is 10.1. The van der Waals surface area contributed by atoms with Gasteiger partial charge < -0.3 is 14.2 Å². The number of benzene rings is 2. The summed E-state index contributed by atoms with van der Waals surface area (Å²) in [6.07, 6.45) is 3.90. The van der Waals surface area contributed by atoms with E-state index in [1.54, 1.807) is 36.9 Å². The van der Waals surface area contributed by atoms with E-state index in [0.717, 1.165) is 17.7 Å². The fourth-order valence-corrected chi connectivity index (χ4v) is 4.81. The minimum Gasteiger partial charge on any atom is -0.493 e. The number of hydrogen-bond donors (Lipinski definition) is 0. The number of ether oxygens (including phenoxy) is 3. The molecule has 0 bridgehead atoms. The first-order valence-electron chi connectivity index (χ1n) is 11.7. The van der Waals surface area contributed by atoms with E-state index in [0.29, 0.717) is 39.5 Å². The van der Waals surface area contributed by atoms with E-state index < -0.39 is 6.23 Å². The SMILES string of the molecule is CCCCCCSc1nnc2c(n1)O[C@@H](c1ccc(OC)c(OC)c1)N(C(C)=O)c1ccccc1-2. The Morgan fingerprint density at radius 3 is 2.60 bits per heavy atom. The summed E-state index contributed by atoms with van der Waals surface area (Å²) in [4.78, 5) is 19.3. The Bertz CT molecular complexity index is 1190. The van der Waals surface area contributed by atoms with E-state index in [2.05, 4.69) is 17.1 Å². The molecule has 1 aliphatic heterocycles. The molecule has 184 valence electrons. The van der Waals surface area contributed by atoms with Crippen LogP contribution in [0.25, 0.3) is 11.3 Å². The smallest absolute Gasteiger partial charge is 0.247 e. The maximum absolute atomic E-state index is 13.0. The number of anilines is 1. The van der Waals surface area contributed by atoms with Gasteiger partial charge in [0.15, 0.2) is 17.2 Å². The predicted octanol–water partition coefficient (Wildman–Crippen LogP) is 5.67. The van der Waals surface area contributed by atoms with Crippen molar-refractivity contribution in [1.82, 2.24) is 15.2 Å². The number of hydrogen-bond acceptors (Lipinski definition) is 8. The molecule has 2 heterocycles. The van der Waals surface area contributed by atoms with Crippen LogP contribution in [-0.4, -0.2) is 41.1 Å². The fourth-order valence-electron chi connectivity index (χ4n) is 4.03. The summed E-state index contributed by atoms with van der Waals surface area (Å²) < 4.78 is 17.3. The van der Waals surface area contributed by atoms with Gasteiger partial charge in [0.2, 0.25) is 23.2 Å². The van der Waals surface area contributed by atoms with Crippen LogP contribution in [-0.2, 0) is 4.79 Å². The van der Waals surface area contributed by atoms with Gasteiger partial charge in [-0.25, -0.2) is 0 Å². The minimum atomic E-state index is -0.784. The molecule has 1 amide bonds. The van der Waals surface area contributed by atoms with Gasteiger partial charge in [0.05, 0.1) is 19.9 Å². The standard InChI is InChI=1S/C26H30N4O4S/c1-5-6-7-10-15-35-26-27-24-23(28-29-26)19-11-8-9-12-20(19)30(17(2)31)25(34-24)18-13-14-21(32-3)22(16-18)33-4/h8-9,11-14,16,25H,5-7,10,15H2,1-4H3/t25-/m0/s1. The molecule has 35 heavy (non-hydrogen) atoms. The van der Waals surface area contributed by atoms with E-state index in [9.17, 15) is 4.79 Å². The van der Waals surface area contributed by atoms with Crippen molar-refractivity contribution in [3.8, 4) is 28.6 Å². The third kappa shape index (κ3) is 5.35. The summed E-state index contributed by atoms with van der Waals surface area (Å²) in [6.45, 7) is 3.71. The lowest BCUT2D eigenvalue weighted by Gasteiger charge is -2.30. The highest BCUT2D eigenvalue weighted by Crippen LogP contribution is 2.44. The number of thioether (sulfide) groups is 1. The molecule has 1 atom stereocenters. The zero-order valence-electron chi connectivity index (χ0n) is 20.5. The molecular formula is C26H30N4O4S. The molecule has 8 nitrogen and oxygen atoms in total. The highest BCUT2D eigenvalue weighted by Gasteiger charge is 2.35. The second kappa shape index (κ2) is 11.4. The first-order valence-corrected chi connectivity index (χ1v) is 12.7. The average molecular weight is 495 g/mol. The van der Waals surface area contributed by atoms with Crippen LogP contribution in [0.5, 0.6) is 17.4 Å². The van der Waals surface area contributed by atoms with Crippen molar-refractivity contribution in [3.63, 3.8) is 0 Å². The van der Waals surface area contributed by atoms with E-state index in [1.807, 2.05) is 36.4 Å². The van der Waals surface area contributed by atoms with Gasteiger partial charge in [-0.2, -0.15) is 4.98 Å². The Morgan fingerprint density at radius 1 is 1.06 bits per heavy atom. The van der Waals surface area contributed by atoms with Crippen LogP contribution in [0, 0.1) is 0 Å². The normalized spacial score (nSPS) is 14.4. The van der Waals surface area contributed by atoms with Crippen LogP contribution in [0.3, 0.4) is 0 Å². The molecule has 9 heteroatoms. The number of amides is 1. The Kier molecular flexibility index (Phi) is 8.07. The van der Waals surface area contributed by atoms with Gasteiger partial charge in [-0.1, -0.05) is 56.1 Å². The summed E-state index contributed by atoms with van der Waals surface area (Å²) in [6, 6.07) is 13.0. The molecule has 1 aliphatic rings. The van der Waals surface area contributed by atoms with Gasteiger partial charge in [0.25, 0.3) is 0 Å². The number of carbonyl (C=O) groups is 1. The second-order valence-electron chi connectivity index (χ2n) is 8.15. The number of methoxy groups -OCH3 is 2. The molecular weight excluding hydrogens is 464 g/mol. The van der Waals surface area contributed by atoms with Gasteiger partial charge in [-0.15, -0.1) is 10.2 Å².